The minimum Gasteiger partial charge on any atom is -0.385 e. The van der Waals surface area contributed by atoms with Gasteiger partial charge in [0.05, 0.1) is 4.92 Å². The largest absolute Gasteiger partial charge is 0.385 e. The van der Waals surface area contributed by atoms with E-state index in [2.05, 4.69) is 10.6 Å². The normalized spacial score (nSPS) is 21.8. The summed E-state index contributed by atoms with van der Waals surface area (Å²) in [6, 6.07) is 5.25. The fourth-order valence-corrected chi connectivity index (χ4v) is 3.64. The first-order chi connectivity index (χ1) is 10.1. The monoisotopic (exact) mass is 311 g/mol. The zero-order chi connectivity index (χ0) is 15.2. The number of rotatable bonds is 6. The fourth-order valence-electron chi connectivity index (χ4n) is 2.35. The van der Waals surface area contributed by atoms with Crippen LogP contribution in [-0.2, 0) is 10.8 Å². The van der Waals surface area contributed by atoms with Gasteiger partial charge in [-0.3, -0.25) is 14.3 Å². The summed E-state index contributed by atoms with van der Waals surface area (Å²) in [5, 5.41) is 17.5. The van der Waals surface area contributed by atoms with E-state index in [-0.39, 0.29) is 16.7 Å². The lowest BCUT2D eigenvalue weighted by atomic mass is 10.1. The number of hydrogen-bond acceptors (Lipinski definition) is 5. The highest BCUT2D eigenvalue weighted by molar-refractivity contribution is 7.85. The summed E-state index contributed by atoms with van der Waals surface area (Å²) in [6.45, 7) is 2.83. The molecule has 6 nitrogen and oxygen atoms in total. The lowest BCUT2D eigenvalue weighted by Crippen LogP contribution is -2.29. The summed E-state index contributed by atoms with van der Waals surface area (Å²) in [4.78, 5) is 10.6. The molecule has 116 valence electrons. The quantitative estimate of drug-likeness (QED) is 0.623. The van der Waals surface area contributed by atoms with Crippen molar-refractivity contribution in [2.75, 3.05) is 28.7 Å². The predicted molar refractivity (Wildman–Crippen MR) is 86.4 cm³/mol. The van der Waals surface area contributed by atoms with Crippen molar-refractivity contribution in [2.24, 2.45) is 0 Å². The summed E-state index contributed by atoms with van der Waals surface area (Å²) in [5.41, 5.74) is 1.59. The van der Waals surface area contributed by atoms with E-state index in [1.54, 1.807) is 12.1 Å². The maximum Gasteiger partial charge on any atom is 0.273 e. The second kappa shape index (κ2) is 7.40. The van der Waals surface area contributed by atoms with E-state index in [1.165, 1.54) is 0 Å². The molecule has 0 radical (unpaired) electrons. The van der Waals surface area contributed by atoms with Crippen LogP contribution in [0.15, 0.2) is 18.2 Å². The van der Waals surface area contributed by atoms with Crippen molar-refractivity contribution in [3.63, 3.8) is 0 Å². The van der Waals surface area contributed by atoms with Gasteiger partial charge in [0.15, 0.2) is 0 Å². The SMILES string of the molecule is CCCNc1cc(NC2CCS(=O)CC2)cc([N+](=O)[O-])c1. The lowest BCUT2D eigenvalue weighted by molar-refractivity contribution is -0.384. The van der Waals surface area contributed by atoms with Crippen LogP contribution < -0.4 is 10.6 Å². The van der Waals surface area contributed by atoms with Gasteiger partial charge in [0, 0.05) is 58.4 Å². The van der Waals surface area contributed by atoms with Gasteiger partial charge < -0.3 is 10.6 Å². The Morgan fingerprint density at radius 3 is 2.57 bits per heavy atom. The van der Waals surface area contributed by atoms with E-state index >= 15 is 0 Å². The maximum absolute atomic E-state index is 11.4. The molecule has 0 spiro atoms. The zero-order valence-electron chi connectivity index (χ0n) is 12.1. The number of benzene rings is 1. The molecule has 0 saturated carbocycles. The third-order valence-electron chi connectivity index (χ3n) is 3.47. The van der Waals surface area contributed by atoms with Crippen molar-refractivity contribution in [1.29, 1.82) is 0 Å². The van der Waals surface area contributed by atoms with E-state index in [9.17, 15) is 14.3 Å². The van der Waals surface area contributed by atoms with Crippen molar-refractivity contribution in [2.45, 2.75) is 32.2 Å². The molecule has 0 aliphatic carbocycles. The molecule has 0 unspecified atom stereocenters. The highest BCUT2D eigenvalue weighted by atomic mass is 32.2. The number of hydrogen-bond donors (Lipinski definition) is 2. The maximum atomic E-state index is 11.4. The molecule has 0 aromatic heterocycles. The number of nitro benzene ring substituents is 1. The van der Waals surface area contributed by atoms with Gasteiger partial charge in [0.2, 0.25) is 0 Å². The van der Waals surface area contributed by atoms with Gasteiger partial charge in [-0.25, -0.2) is 0 Å². The molecule has 0 atom stereocenters. The minimum atomic E-state index is -0.700. The van der Waals surface area contributed by atoms with E-state index < -0.39 is 10.8 Å². The first-order valence-electron chi connectivity index (χ1n) is 7.23. The molecule has 1 fully saturated rings. The molecule has 2 N–H and O–H groups in total. The Kier molecular flexibility index (Phi) is 5.55. The summed E-state index contributed by atoms with van der Waals surface area (Å²) < 4.78 is 11.4. The van der Waals surface area contributed by atoms with Gasteiger partial charge in [-0.2, -0.15) is 0 Å². The van der Waals surface area contributed by atoms with Gasteiger partial charge in [0.25, 0.3) is 5.69 Å². The number of non-ortho nitro benzene ring substituents is 1. The third-order valence-corrected chi connectivity index (χ3v) is 4.85. The second-order valence-corrected chi connectivity index (χ2v) is 6.92. The van der Waals surface area contributed by atoms with Crippen molar-refractivity contribution in [1.82, 2.24) is 0 Å². The smallest absolute Gasteiger partial charge is 0.273 e. The topological polar surface area (TPSA) is 84.3 Å². The Bertz CT molecular complexity index is 526. The van der Waals surface area contributed by atoms with Gasteiger partial charge in [-0.15, -0.1) is 0 Å². The highest BCUT2D eigenvalue weighted by Gasteiger charge is 2.18. The van der Waals surface area contributed by atoms with E-state index in [0.717, 1.165) is 37.2 Å². The van der Waals surface area contributed by atoms with Crippen LogP contribution in [0.3, 0.4) is 0 Å². The Morgan fingerprint density at radius 1 is 1.29 bits per heavy atom. The van der Waals surface area contributed by atoms with Crippen LogP contribution in [0.5, 0.6) is 0 Å². The molecule has 1 heterocycles. The van der Waals surface area contributed by atoms with Gasteiger partial charge in [-0.1, -0.05) is 6.92 Å². The van der Waals surface area contributed by atoms with Crippen molar-refractivity contribution >= 4 is 27.9 Å². The molecular formula is C14H21N3O3S. The Morgan fingerprint density at radius 2 is 1.95 bits per heavy atom. The van der Waals surface area contributed by atoms with Crippen LogP contribution in [0.25, 0.3) is 0 Å². The second-order valence-electron chi connectivity index (χ2n) is 5.22. The molecule has 1 aliphatic rings. The van der Waals surface area contributed by atoms with Crippen LogP contribution >= 0.6 is 0 Å². The Balaban J connectivity index is 2.11. The highest BCUT2D eigenvalue weighted by Crippen LogP contribution is 2.26. The number of nitrogens with zero attached hydrogens (tertiary/aromatic N) is 1. The van der Waals surface area contributed by atoms with Crippen LogP contribution in [0.4, 0.5) is 17.1 Å². The summed E-state index contributed by atoms with van der Waals surface area (Å²) in [5.74, 6) is 1.40. The lowest BCUT2D eigenvalue weighted by Gasteiger charge is -2.23. The third kappa shape index (κ3) is 4.70. The fraction of sp³-hybridized carbons (Fsp3) is 0.571. The first kappa shape index (κ1) is 15.8. The minimum absolute atomic E-state index is 0.0815. The van der Waals surface area contributed by atoms with Crippen LogP contribution in [-0.4, -0.2) is 33.2 Å². The van der Waals surface area contributed by atoms with Crippen LogP contribution in [0.1, 0.15) is 26.2 Å². The van der Waals surface area contributed by atoms with E-state index in [0.29, 0.717) is 11.5 Å². The summed E-state index contributed by atoms with van der Waals surface area (Å²) in [7, 11) is -0.700. The molecule has 21 heavy (non-hydrogen) atoms. The van der Waals surface area contributed by atoms with Crippen molar-refractivity contribution in [3.05, 3.63) is 28.3 Å². The van der Waals surface area contributed by atoms with Crippen molar-refractivity contribution in [3.8, 4) is 0 Å². The standard InChI is InChI=1S/C14H21N3O3S/c1-2-5-15-12-8-13(10-14(9-12)17(18)19)16-11-3-6-21(20)7-4-11/h8-11,15-16H,2-7H2,1H3. The molecule has 7 heteroatoms. The number of nitro groups is 1. The van der Waals surface area contributed by atoms with Gasteiger partial charge in [-0.05, 0) is 25.3 Å². The zero-order valence-corrected chi connectivity index (χ0v) is 12.9. The molecule has 1 saturated heterocycles. The van der Waals surface area contributed by atoms with E-state index in [1.807, 2.05) is 13.0 Å². The van der Waals surface area contributed by atoms with Crippen LogP contribution in [0.2, 0.25) is 0 Å². The molecule has 1 aromatic carbocycles. The molecule has 1 aromatic rings. The Labute approximate surface area is 126 Å². The Hall–Kier alpha value is -1.63. The average Bonchev–Trinajstić information content (AvgIpc) is 2.47. The molecule has 2 rings (SSSR count). The predicted octanol–water partition coefficient (Wildman–Crippen LogP) is 2.74. The number of nitrogens with one attached hydrogen (secondary N) is 2. The number of anilines is 2. The van der Waals surface area contributed by atoms with E-state index in [4.69, 9.17) is 0 Å². The molecule has 1 aliphatic heterocycles. The summed E-state index contributed by atoms with van der Waals surface area (Å²) >= 11 is 0. The van der Waals surface area contributed by atoms with Crippen LogP contribution in [0, 0.1) is 10.1 Å². The van der Waals surface area contributed by atoms with Crippen molar-refractivity contribution < 1.29 is 9.13 Å². The molecular weight excluding hydrogens is 290 g/mol. The van der Waals surface area contributed by atoms with Gasteiger partial charge in [0.1, 0.15) is 0 Å². The average molecular weight is 311 g/mol. The summed E-state index contributed by atoms with van der Waals surface area (Å²) in [6.07, 6.45) is 2.64. The molecule has 0 amide bonds. The molecule has 0 bridgehead atoms. The van der Waals surface area contributed by atoms with Gasteiger partial charge >= 0.3 is 0 Å². The first-order valence-corrected chi connectivity index (χ1v) is 8.72.